The largest absolute Gasteiger partial charge is 0.369 e. The number of H-pyrrole nitrogens is 1. The van der Waals surface area contributed by atoms with Gasteiger partial charge in [0.25, 0.3) is 5.91 Å². The van der Waals surface area contributed by atoms with Crippen molar-refractivity contribution in [1.82, 2.24) is 15.4 Å². The number of benzene rings is 2. The number of nitrogens with zero attached hydrogens (tertiary/aromatic N) is 2. The summed E-state index contributed by atoms with van der Waals surface area (Å²) in [5.41, 5.74) is 13.0. The van der Waals surface area contributed by atoms with E-state index >= 15 is 0 Å². The van der Waals surface area contributed by atoms with E-state index in [1.165, 1.54) is 0 Å². The van der Waals surface area contributed by atoms with Crippen LogP contribution >= 0.6 is 0 Å². The summed E-state index contributed by atoms with van der Waals surface area (Å²) in [7, 11) is 0. The molecule has 8 heteroatoms. The Hall–Kier alpha value is -4.20. The lowest BCUT2D eigenvalue weighted by Crippen LogP contribution is -2.26. The van der Waals surface area contributed by atoms with Crippen molar-refractivity contribution >= 4 is 45.1 Å². The number of nitrogens with one attached hydrogen (secondary N) is 4. The topological polar surface area (TPSA) is 132 Å². The van der Waals surface area contributed by atoms with Crippen LogP contribution in [0.5, 0.6) is 0 Å². The molecule has 8 nitrogen and oxygen atoms in total. The molecule has 0 spiro atoms. The number of carbonyl (C=O) groups excluding carboxylic acids is 1. The van der Waals surface area contributed by atoms with Crippen LogP contribution in [0.4, 0.5) is 5.69 Å². The first-order chi connectivity index (χ1) is 14.4. The fourth-order valence-corrected chi connectivity index (χ4v) is 3.18. The van der Waals surface area contributed by atoms with E-state index in [1.807, 2.05) is 62.4 Å². The van der Waals surface area contributed by atoms with Crippen molar-refractivity contribution in [3.05, 3.63) is 71.5 Å². The van der Waals surface area contributed by atoms with Gasteiger partial charge in [-0.05, 0) is 55.8 Å². The number of fused-ring (bicyclic) bond motifs is 2. The van der Waals surface area contributed by atoms with Gasteiger partial charge < -0.3 is 16.0 Å². The minimum absolute atomic E-state index is 0.227. The maximum Gasteiger partial charge on any atom is 0.272 e. The average Bonchev–Trinajstić information content (AvgIpc) is 3.15. The Morgan fingerprint density at radius 1 is 1.10 bits per heavy atom. The van der Waals surface area contributed by atoms with Gasteiger partial charge in [0.15, 0.2) is 0 Å². The highest BCUT2D eigenvalue weighted by molar-refractivity contribution is 6.08. The average molecular weight is 399 g/mol. The summed E-state index contributed by atoms with van der Waals surface area (Å²) in [6.45, 7) is 3.75. The van der Waals surface area contributed by atoms with Crippen LogP contribution < -0.4 is 16.5 Å². The molecule has 0 bridgehead atoms. The summed E-state index contributed by atoms with van der Waals surface area (Å²) >= 11 is 0. The Kier molecular flexibility index (Phi) is 4.89. The van der Waals surface area contributed by atoms with Crippen molar-refractivity contribution < 1.29 is 4.79 Å². The molecule has 0 aliphatic carbocycles. The second-order valence-electron chi connectivity index (χ2n) is 7.02. The molecule has 4 aromatic rings. The lowest BCUT2D eigenvalue weighted by molar-refractivity contribution is 0.102. The Morgan fingerprint density at radius 3 is 2.70 bits per heavy atom. The van der Waals surface area contributed by atoms with Gasteiger partial charge in [-0.1, -0.05) is 18.2 Å². The van der Waals surface area contributed by atoms with Gasteiger partial charge in [0.05, 0.1) is 11.2 Å². The minimum atomic E-state index is -0.233. The lowest BCUT2D eigenvalue weighted by Gasteiger charge is -2.05. The molecule has 1 amide bonds. The number of hydrogen-bond acceptors (Lipinski definition) is 4. The summed E-state index contributed by atoms with van der Waals surface area (Å²) < 4.78 is 0. The van der Waals surface area contributed by atoms with Gasteiger partial charge in [-0.15, -0.1) is 0 Å². The van der Waals surface area contributed by atoms with Gasteiger partial charge in [-0.2, -0.15) is 5.10 Å². The van der Waals surface area contributed by atoms with E-state index in [0.717, 1.165) is 33.1 Å². The smallest absolute Gasteiger partial charge is 0.272 e. The minimum Gasteiger partial charge on any atom is -0.369 e. The molecule has 0 saturated heterocycles. The zero-order valence-corrected chi connectivity index (χ0v) is 16.6. The number of aromatic nitrogens is 2. The molecule has 2 aromatic carbocycles. The molecular weight excluding hydrogens is 378 g/mol. The molecule has 4 rings (SSSR count). The van der Waals surface area contributed by atoms with Crippen molar-refractivity contribution in [3.63, 3.8) is 0 Å². The summed E-state index contributed by atoms with van der Waals surface area (Å²) in [6.07, 6.45) is 0. The number of nitrogens with two attached hydrogens (primary N) is 1. The molecule has 0 aliphatic rings. The zero-order valence-electron chi connectivity index (χ0n) is 16.6. The van der Waals surface area contributed by atoms with Gasteiger partial charge >= 0.3 is 0 Å². The number of aryl methyl sites for hydroxylation is 1. The van der Waals surface area contributed by atoms with Crippen molar-refractivity contribution in [1.29, 1.82) is 5.41 Å². The molecule has 0 unspecified atom stereocenters. The number of anilines is 1. The fourth-order valence-electron chi connectivity index (χ4n) is 3.18. The van der Waals surface area contributed by atoms with E-state index < -0.39 is 0 Å². The van der Waals surface area contributed by atoms with Crippen LogP contribution in [0.15, 0.2) is 59.7 Å². The Bertz CT molecular complexity index is 1320. The number of rotatable bonds is 4. The van der Waals surface area contributed by atoms with E-state index in [9.17, 15) is 4.79 Å². The third-order valence-corrected chi connectivity index (χ3v) is 4.72. The lowest BCUT2D eigenvalue weighted by atomic mass is 10.1. The molecule has 0 atom stereocenters. The SMILES string of the molecule is C/C(=N\NC(=N)N)c1ccc2[nH]c(C(=O)Nc3ccc4ccc(C)nc4c3)cc2c1. The first kappa shape index (κ1) is 19.1. The normalized spacial score (nSPS) is 11.6. The molecular formula is C22H21N7O. The predicted octanol–water partition coefficient (Wildman–Crippen LogP) is 3.48. The number of amides is 1. The predicted molar refractivity (Wildman–Crippen MR) is 120 cm³/mol. The highest BCUT2D eigenvalue weighted by Gasteiger charge is 2.11. The van der Waals surface area contributed by atoms with E-state index in [1.54, 1.807) is 6.07 Å². The zero-order chi connectivity index (χ0) is 21.3. The van der Waals surface area contributed by atoms with Gasteiger partial charge in [0, 0.05) is 27.7 Å². The highest BCUT2D eigenvalue weighted by Crippen LogP contribution is 2.21. The monoisotopic (exact) mass is 399 g/mol. The third kappa shape index (κ3) is 3.97. The molecule has 30 heavy (non-hydrogen) atoms. The summed E-state index contributed by atoms with van der Waals surface area (Å²) in [4.78, 5) is 20.4. The molecule has 0 aliphatic heterocycles. The molecule has 2 aromatic heterocycles. The maximum atomic E-state index is 12.7. The number of pyridine rings is 1. The second kappa shape index (κ2) is 7.67. The summed E-state index contributed by atoms with van der Waals surface area (Å²) in [5.74, 6) is -0.460. The molecule has 0 fully saturated rings. The van der Waals surface area contributed by atoms with Crippen LogP contribution in [0.2, 0.25) is 0 Å². The van der Waals surface area contributed by atoms with Crippen molar-refractivity contribution in [2.45, 2.75) is 13.8 Å². The van der Waals surface area contributed by atoms with Gasteiger partial charge in [0.1, 0.15) is 5.69 Å². The van der Waals surface area contributed by atoms with E-state index in [0.29, 0.717) is 17.1 Å². The molecule has 0 radical (unpaired) electrons. The first-order valence-corrected chi connectivity index (χ1v) is 9.35. The first-order valence-electron chi connectivity index (χ1n) is 9.35. The van der Waals surface area contributed by atoms with Crippen LogP contribution in [-0.2, 0) is 0 Å². The highest BCUT2D eigenvalue weighted by atomic mass is 16.1. The van der Waals surface area contributed by atoms with Gasteiger partial charge in [-0.25, -0.2) is 5.43 Å². The van der Waals surface area contributed by atoms with Crippen LogP contribution in [0.25, 0.3) is 21.8 Å². The molecule has 6 N–H and O–H groups in total. The van der Waals surface area contributed by atoms with Crippen molar-refractivity contribution in [3.8, 4) is 0 Å². The maximum absolute atomic E-state index is 12.7. The number of aromatic amines is 1. The van der Waals surface area contributed by atoms with E-state index in [4.69, 9.17) is 11.1 Å². The van der Waals surface area contributed by atoms with E-state index in [-0.39, 0.29) is 11.9 Å². The molecule has 2 heterocycles. The van der Waals surface area contributed by atoms with Crippen molar-refractivity contribution in [2.24, 2.45) is 10.8 Å². The van der Waals surface area contributed by atoms with E-state index in [2.05, 4.69) is 25.8 Å². The Balaban J connectivity index is 1.57. The van der Waals surface area contributed by atoms with Crippen LogP contribution in [0.1, 0.15) is 28.7 Å². The van der Waals surface area contributed by atoms with Crippen LogP contribution in [0, 0.1) is 12.3 Å². The quantitative estimate of drug-likeness (QED) is 0.204. The third-order valence-electron chi connectivity index (χ3n) is 4.72. The van der Waals surface area contributed by atoms with Crippen LogP contribution in [-0.4, -0.2) is 27.5 Å². The summed E-state index contributed by atoms with van der Waals surface area (Å²) in [6, 6.07) is 17.1. The second-order valence-corrected chi connectivity index (χ2v) is 7.02. The molecule has 0 saturated carbocycles. The number of hydrogen-bond donors (Lipinski definition) is 5. The Labute approximate surface area is 172 Å². The molecule has 150 valence electrons. The Morgan fingerprint density at radius 2 is 1.90 bits per heavy atom. The fraction of sp³-hybridized carbons (Fsp3) is 0.0909. The number of guanidine groups is 1. The number of hydrazone groups is 1. The van der Waals surface area contributed by atoms with Gasteiger partial charge in [0.2, 0.25) is 5.96 Å². The van der Waals surface area contributed by atoms with Crippen molar-refractivity contribution in [2.75, 3.05) is 5.32 Å². The summed E-state index contributed by atoms with van der Waals surface area (Å²) in [5, 5.41) is 16.1. The number of carbonyl (C=O) groups is 1. The standard InChI is InChI=1S/C22H21N7O/c1-12-3-4-14-5-7-17(11-19(14)25-12)26-21(30)20-10-16-9-15(6-8-18(16)27-20)13(2)28-29-22(23)24/h3-11,27H,1-2H3,(H,26,30)(H4,23,24,29)/b28-13+. The van der Waals surface area contributed by atoms with Crippen LogP contribution in [0.3, 0.4) is 0 Å². The van der Waals surface area contributed by atoms with Gasteiger partial charge in [-0.3, -0.25) is 15.2 Å².